The Morgan fingerprint density at radius 3 is 1.93 bits per heavy atom. The summed E-state index contributed by atoms with van der Waals surface area (Å²) >= 11 is 0. The van der Waals surface area contributed by atoms with Crippen molar-refractivity contribution in [2.45, 2.75) is 12.2 Å². The van der Waals surface area contributed by atoms with Crippen LogP contribution in [-0.2, 0) is 24.5 Å². The zero-order valence-electron chi connectivity index (χ0n) is 16.3. The van der Waals surface area contributed by atoms with E-state index in [1.54, 1.807) is 0 Å². The summed E-state index contributed by atoms with van der Waals surface area (Å²) in [5, 5.41) is 10.0. The Hall–Kier alpha value is 1.27. The van der Waals surface area contributed by atoms with E-state index >= 15 is 0 Å². The molecule has 0 aromatic carbocycles. The molecule has 2 heterocycles. The number of nitrogens with zero attached hydrogens (tertiary/aromatic N) is 3. The minimum Gasteiger partial charge on any atom is -0.735 e. The standard InChI is InChI=1S/C15H31N3O7S.K/c1-16(26(20,21)22)10-14(19)13-25-15(11-17-2-6-23-7-3-17)12-18-4-8-24-9-5-18;/h14-15,19H,2-13H2,1H3,(H,20,21,22);/q;+1/p-1. The number of morpholine rings is 2. The fraction of sp³-hybridized carbons (Fsp3) is 1.00. The molecule has 0 spiro atoms. The molecule has 0 bridgehead atoms. The summed E-state index contributed by atoms with van der Waals surface area (Å²) in [6.07, 6.45) is -1.18. The number of hydrogen-bond acceptors (Lipinski definition) is 9. The van der Waals surface area contributed by atoms with Crippen LogP contribution in [0.25, 0.3) is 0 Å². The first-order valence-corrected chi connectivity index (χ1v) is 10.3. The molecule has 0 radical (unpaired) electrons. The van der Waals surface area contributed by atoms with Gasteiger partial charge in [0, 0.05) is 52.9 Å². The maximum Gasteiger partial charge on any atom is 1.00 e. The number of hydrogen-bond donors (Lipinski definition) is 1. The summed E-state index contributed by atoms with van der Waals surface area (Å²) in [5.74, 6) is 0. The van der Waals surface area contributed by atoms with Crippen molar-refractivity contribution in [3.63, 3.8) is 0 Å². The summed E-state index contributed by atoms with van der Waals surface area (Å²) in [5.41, 5.74) is 0. The van der Waals surface area contributed by atoms with Gasteiger partial charge in [-0.3, -0.25) is 9.80 Å². The zero-order valence-corrected chi connectivity index (χ0v) is 20.2. The molecule has 2 aliphatic rings. The second-order valence-electron chi connectivity index (χ2n) is 6.67. The van der Waals surface area contributed by atoms with E-state index in [1.165, 1.54) is 0 Å². The third-order valence-electron chi connectivity index (χ3n) is 4.50. The molecule has 1 N–H and O–H groups in total. The van der Waals surface area contributed by atoms with Gasteiger partial charge in [-0.05, 0) is 0 Å². The molecular weight excluding hydrogens is 405 g/mol. The van der Waals surface area contributed by atoms with Crippen molar-refractivity contribution in [2.75, 3.05) is 85.9 Å². The molecule has 0 aliphatic carbocycles. The normalized spacial score (nSPS) is 21.4. The van der Waals surface area contributed by atoms with Crippen LogP contribution in [0.3, 0.4) is 0 Å². The number of aliphatic hydroxyl groups excluding tert-OH is 1. The number of ether oxygens (including phenoxy) is 3. The van der Waals surface area contributed by atoms with E-state index < -0.39 is 16.4 Å². The fourth-order valence-corrected chi connectivity index (χ4v) is 3.35. The van der Waals surface area contributed by atoms with Gasteiger partial charge in [-0.1, -0.05) is 0 Å². The van der Waals surface area contributed by atoms with Gasteiger partial charge in [-0.25, -0.2) is 12.7 Å². The molecule has 0 aromatic heterocycles. The molecule has 2 aliphatic heterocycles. The molecule has 2 fully saturated rings. The minimum absolute atomic E-state index is 0. The average molecular weight is 436 g/mol. The first-order chi connectivity index (χ1) is 12.3. The topological polar surface area (TPSA) is 115 Å². The van der Waals surface area contributed by atoms with Crippen LogP contribution in [0.4, 0.5) is 0 Å². The van der Waals surface area contributed by atoms with Gasteiger partial charge < -0.3 is 23.9 Å². The van der Waals surface area contributed by atoms with Crippen LogP contribution < -0.4 is 51.4 Å². The van der Waals surface area contributed by atoms with Crippen molar-refractivity contribution in [2.24, 2.45) is 0 Å². The van der Waals surface area contributed by atoms with Gasteiger partial charge in [0.1, 0.15) is 0 Å². The van der Waals surface area contributed by atoms with Crippen molar-refractivity contribution < 1.29 is 83.7 Å². The van der Waals surface area contributed by atoms with Gasteiger partial charge in [-0.2, -0.15) is 0 Å². The van der Waals surface area contributed by atoms with Crippen molar-refractivity contribution in [1.29, 1.82) is 0 Å². The molecular formula is C15H30KN3O7S. The van der Waals surface area contributed by atoms with E-state index in [4.69, 9.17) is 14.2 Å². The Labute approximate surface area is 204 Å². The van der Waals surface area contributed by atoms with E-state index in [-0.39, 0.29) is 70.6 Å². The monoisotopic (exact) mass is 435 g/mol. The molecule has 2 rings (SSSR count). The molecule has 10 nitrogen and oxygen atoms in total. The van der Waals surface area contributed by atoms with Gasteiger partial charge in [-0.15, -0.1) is 0 Å². The van der Waals surface area contributed by atoms with Gasteiger partial charge in [0.25, 0.3) is 0 Å². The predicted molar refractivity (Wildman–Crippen MR) is 92.6 cm³/mol. The second kappa shape index (κ2) is 13.5. The summed E-state index contributed by atoms with van der Waals surface area (Å²) in [4.78, 5) is 4.52. The molecule has 12 heteroatoms. The first kappa shape index (κ1) is 26.3. The van der Waals surface area contributed by atoms with Gasteiger partial charge in [0.2, 0.25) is 0 Å². The molecule has 1 unspecified atom stereocenters. The van der Waals surface area contributed by atoms with E-state index in [2.05, 4.69) is 9.80 Å². The molecule has 0 aromatic rings. The van der Waals surface area contributed by atoms with Crippen LogP contribution in [0.2, 0.25) is 0 Å². The maximum absolute atomic E-state index is 10.9. The van der Waals surface area contributed by atoms with E-state index in [9.17, 15) is 18.1 Å². The van der Waals surface area contributed by atoms with Gasteiger partial charge in [0.05, 0.1) is 45.2 Å². The molecule has 0 amide bonds. The summed E-state index contributed by atoms with van der Waals surface area (Å²) in [6, 6.07) is 0. The second-order valence-corrected chi connectivity index (χ2v) is 8.15. The third kappa shape index (κ3) is 10.7. The quantitative estimate of drug-likeness (QED) is 0.266. The van der Waals surface area contributed by atoms with Crippen LogP contribution >= 0.6 is 0 Å². The Bertz CT molecular complexity index is 482. The molecule has 0 saturated carbocycles. The smallest absolute Gasteiger partial charge is 0.735 e. The van der Waals surface area contributed by atoms with E-state index in [1.807, 2.05) is 0 Å². The zero-order chi connectivity index (χ0) is 19.0. The van der Waals surface area contributed by atoms with E-state index in [0.29, 0.717) is 43.8 Å². The maximum atomic E-state index is 10.9. The van der Waals surface area contributed by atoms with Crippen molar-refractivity contribution >= 4 is 10.3 Å². The van der Waals surface area contributed by atoms with E-state index in [0.717, 1.165) is 33.2 Å². The predicted octanol–water partition coefficient (Wildman–Crippen LogP) is -5.21. The Morgan fingerprint density at radius 2 is 1.52 bits per heavy atom. The van der Waals surface area contributed by atoms with Crippen LogP contribution in [0, 0.1) is 0 Å². The van der Waals surface area contributed by atoms with Gasteiger partial charge in [0.15, 0.2) is 10.3 Å². The minimum atomic E-state index is -4.56. The van der Waals surface area contributed by atoms with Crippen molar-refractivity contribution in [1.82, 2.24) is 14.1 Å². The third-order valence-corrected chi connectivity index (χ3v) is 5.42. The van der Waals surface area contributed by atoms with Gasteiger partial charge >= 0.3 is 51.4 Å². The SMILES string of the molecule is CN(CC(O)COC(CN1CCOCC1)CN1CCOCC1)S(=O)(=O)[O-].[K+]. The van der Waals surface area contributed by atoms with Crippen LogP contribution in [0.15, 0.2) is 0 Å². The summed E-state index contributed by atoms with van der Waals surface area (Å²) < 4.78 is 49.9. The average Bonchev–Trinajstić information content (AvgIpc) is 2.60. The van der Waals surface area contributed by atoms with Crippen LogP contribution in [-0.4, -0.2) is 130 Å². The number of rotatable bonds is 10. The van der Waals surface area contributed by atoms with Crippen LogP contribution in [0.1, 0.15) is 0 Å². The largest absolute Gasteiger partial charge is 1.00 e. The van der Waals surface area contributed by atoms with Crippen LogP contribution in [0.5, 0.6) is 0 Å². The summed E-state index contributed by atoms with van der Waals surface area (Å²) in [7, 11) is -3.41. The summed E-state index contributed by atoms with van der Waals surface area (Å²) in [6.45, 7) is 7.23. The molecule has 27 heavy (non-hydrogen) atoms. The fourth-order valence-electron chi connectivity index (χ4n) is 2.99. The van der Waals surface area contributed by atoms with Crippen molar-refractivity contribution in [3.05, 3.63) is 0 Å². The molecule has 1 atom stereocenters. The number of likely N-dealkylation sites (N-methyl/N-ethyl adjacent to an activating group) is 1. The van der Waals surface area contributed by atoms with Crippen molar-refractivity contribution in [3.8, 4) is 0 Å². The Kier molecular flexibility index (Phi) is 13.2. The molecule has 2 saturated heterocycles. The molecule has 154 valence electrons. The Morgan fingerprint density at radius 1 is 1.07 bits per heavy atom. The number of aliphatic hydroxyl groups is 1. The first-order valence-electron chi connectivity index (χ1n) is 8.91. The Balaban J connectivity index is 0.00000364.